The number of imide groups is 1. The molecule has 1 aliphatic rings. The number of amides is 2. The van der Waals surface area contributed by atoms with E-state index in [-0.39, 0.29) is 6.79 Å². The van der Waals surface area contributed by atoms with Crippen LogP contribution in [0.1, 0.15) is 12.5 Å². The van der Waals surface area contributed by atoms with Crippen LogP contribution in [0.5, 0.6) is 11.5 Å². The van der Waals surface area contributed by atoms with Gasteiger partial charge in [0.05, 0.1) is 11.7 Å². The summed E-state index contributed by atoms with van der Waals surface area (Å²) in [5.41, 5.74) is 8.49. The summed E-state index contributed by atoms with van der Waals surface area (Å²) in [6.45, 7) is 1.45. The first-order valence-electron chi connectivity index (χ1n) is 8.59. The molecule has 7 nitrogen and oxygen atoms in total. The molecule has 1 aromatic heterocycles. The molecule has 0 bridgehead atoms. The van der Waals surface area contributed by atoms with Crippen LogP contribution in [-0.2, 0) is 16.0 Å². The Kier molecular flexibility index (Phi) is 4.29. The lowest BCUT2D eigenvalue weighted by molar-refractivity contribution is -0.126. The summed E-state index contributed by atoms with van der Waals surface area (Å²) in [5.74, 6) is 0.203. The zero-order valence-electron chi connectivity index (χ0n) is 14.8. The molecule has 4 rings (SSSR count). The lowest BCUT2D eigenvalue weighted by Gasteiger charge is -2.23. The van der Waals surface area contributed by atoms with Gasteiger partial charge >= 0.3 is 0 Å². The Morgan fingerprint density at radius 2 is 1.96 bits per heavy atom. The van der Waals surface area contributed by atoms with Gasteiger partial charge in [0.1, 0.15) is 0 Å². The van der Waals surface area contributed by atoms with Gasteiger partial charge in [0.2, 0.25) is 12.7 Å². The maximum absolute atomic E-state index is 12.9. The maximum Gasteiger partial charge on any atom is 0.251 e. The molecule has 0 spiro atoms. The van der Waals surface area contributed by atoms with Gasteiger partial charge in [-0.25, -0.2) is 4.90 Å². The Labute approximate surface area is 155 Å². The van der Waals surface area contributed by atoms with Gasteiger partial charge in [-0.1, -0.05) is 18.2 Å². The average Bonchev–Trinajstić information content (AvgIpc) is 3.28. The number of H-pyrrole nitrogens is 1. The highest BCUT2D eigenvalue weighted by molar-refractivity contribution is 6.16. The van der Waals surface area contributed by atoms with Crippen molar-refractivity contribution in [3.05, 3.63) is 54.2 Å². The first kappa shape index (κ1) is 17.1. The molecule has 1 aliphatic heterocycles. The van der Waals surface area contributed by atoms with Crippen molar-refractivity contribution >= 4 is 28.4 Å². The number of rotatable bonds is 4. The predicted octanol–water partition coefficient (Wildman–Crippen LogP) is 2.35. The van der Waals surface area contributed by atoms with E-state index in [4.69, 9.17) is 15.2 Å². The van der Waals surface area contributed by atoms with Crippen molar-refractivity contribution in [1.82, 2.24) is 4.98 Å². The lowest BCUT2D eigenvalue weighted by Crippen LogP contribution is -2.47. The van der Waals surface area contributed by atoms with Crippen molar-refractivity contribution in [2.24, 2.45) is 5.73 Å². The van der Waals surface area contributed by atoms with Crippen molar-refractivity contribution in [3.8, 4) is 11.5 Å². The number of nitrogens with two attached hydrogens (primary N) is 1. The number of para-hydroxylation sites is 1. The van der Waals surface area contributed by atoms with Crippen LogP contribution in [0, 0.1) is 0 Å². The molecule has 2 amide bonds. The minimum absolute atomic E-state index is 0.118. The number of nitrogens with zero attached hydrogens (tertiary/aromatic N) is 1. The molecule has 27 heavy (non-hydrogen) atoms. The molecule has 3 N–H and O–H groups in total. The minimum Gasteiger partial charge on any atom is -0.454 e. The monoisotopic (exact) mass is 365 g/mol. The summed E-state index contributed by atoms with van der Waals surface area (Å²) in [4.78, 5) is 29.4. The summed E-state index contributed by atoms with van der Waals surface area (Å²) >= 11 is 0. The fourth-order valence-corrected chi connectivity index (χ4v) is 3.28. The second-order valence-corrected chi connectivity index (χ2v) is 6.40. The van der Waals surface area contributed by atoms with Gasteiger partial charge in [-0.15, -0.1) is 0 Å². The average molecular weight is 365 g/mol. The highest BCUT2D eigenvalue weighted by atomic mass is 16.7. The van der Waals surface area contributed by atoms with Crippen molar-refractivity contribution in [1.29, 1.82) is 0 Å². The Morgan fingerprint density at radius 3 is 2.78 bits per heavy atom. The summed E-state index contributed by atoms with van der Waals surface area (Å²) in [5, 5.41) is 1.01. The summed E-state index contributed by atoms with van der Waals surface area (Å²) in [7, 11) is 0. The van der Waals surface area contributed by atoms with Crippen LogP contribution in [0.3, 0.4) is 0 Å². The number of anilines is 1. The Bertz CT molecular complexity index is 1030. The van der Waals surface area contributed by atoms with Crippen LogP contribution in [0.4, 0.5) is 5.69 Å². The highest BCUT2D eigenvalue weighted by Crippen LogP contribution is 2.35. The number of hydrogen-bond donors (Lipinski definition) is 2. The van der Waals surface area contributed by atoms with E-state index in [1.54, 1.807) is 18.2 Å². The molecule has 7 heteroatoms. The number of ether oxygens (including phenoxy) is 2. The van der Waals surface area contributed by atoms with Gasteiger partial charge in [0, 0.05) is 30.1 Å². The van der Waals surface area contributed by atoms with Crippen molar-refractivity contribution in [2.75, 3.05) is 11.7 Å². The number of carbonyl (C=O) groups excluding carboxylic acids is 2. The second kappa shape index (κ2) is 6.77. The van der Waals surface area contributed by atoms with Crippen LogP contribution in [0.25, 0.3) is 10.9 Å². The molecule has 0 fully saturated rings. The van der Waals surface area contributed by atoms with Crippen LogP contribution in [0.15, 0.2) is 48.7 Å². The van der Waals surface area contributed by atoms with E-state index in [1.807, 2.05) is 30.5 Å². The third-order valence-corrected chi connectivity index (χ3v) is 4.58. The first-order valence-corrected chi connectivity index (χ1v) is 8.59. The number of fused-ring (bicyclic) bond motifs is 2. The number of nitrogens with one attached hydrogen (secondary N) is 1. The third-order valence-electron chi connectivity index (χ3n) is 4.58. The molecule has 1 atom stereocenters. The van der Waals surface area contributed by atoms with E-state index in [0.29, 0.717) is 23.6 Å². The normalized spacial score (nSPS) is 13.6. The van der Waals surface area contributed by atoms with Gasteiger partial charge < -0.3 is 20.2 Å². The Balaban J connectivity index is 1.59. The molecule has 0 aliphatic carbocycles. The SMILES string of the molecule is CC(=O)N(C(=O)C(N)Cc1c[nH]c2ccccc12)c1ccc2c(c1)OCO2. The Morgan fingerprint density at radius 1 is 1.19 bits per heavy atom. The summed E-state index contributed by atoms with van der Waals surface area (Å²) in [6.07, 6.45) is 2.16. The minimum atomic E-state index is -0.862. The fraction of sp³-hybridized carbons (Fsp3) is 0.200. The summed E-state index contributed by atoms with van der Waals surface area (Å²) in [6, 6.07) is 11.9. The highest BCUT2D eigenvalue weighted by Gasteiger charge is 2.28. The van der Waals surface area contributed by atoms with E-state index >= 15 is 0 Å². The number of aromatic nitrogens is 1. The number of hydrogen-bond acceptors (Lipinski definition) is 5. The van der Waals surface area contributed by atoms with E-state index in [1.165, 1.54) is 6.92 Å². The zero-order chi connectivity index (χ0) is 19.0. The quantitative estimate of drug-likeness (QED) is 0.740. The van der Waals surface area contributed by atoms with Crippen LogP contribution in [0.2, 0.25) is 0 Å². The van der Waals surface area contributed by atoms with E-state index in [9.17, 15) is 9.59 Å². The molecule has 0 saturated carbocycles. The van der Waals surface area contributed by atoms with Crippen molar-refractivity contribution in [3.63, 3.8) is 0 Å². The number of benzene rings is 2. The van der Waals surface area contributed by atoms with E-state index in [0.717, 1.165) is 21.4 Å². The molecule has 0 radical (unpaired) electrons. The zero-order valence-corrected chi connectivity index (χ0v) is 14.8. The van der Waals surface area contributed by atoms with Crippen LogP contribution >= 0.6 is 0 Å². The van der Waals surface area contributed by atoms with Crippen molar-refractivity contribution in [2.45, 2.75) is 19.4 Å². The van der Waals surface area contributed by atoms with E-state index in [2.05, 4.69) is 4.98 Å². The van der Waals surface area contributed by atoms with Crippen LogP contribution < -0.4 is 20.1 Å². The molecule has 1 unspecified atom stereocenters. The fourth-order valence-electron chi connectivity index (χ4n) is 3.28. The maximum atomic E-state index is 12.9. The predicted molar refractivity (Wildman–Crippen MR) is 101 cm³/mol. The topological polar surface area (TPSA) is 97.7 Å². The van der Waals surface area contributed by atoms with Gasteiger partial charge in [0.15, 0.2) is 11.5 Å². The molecule has 2 aromatic carbocycles. The second-order valence-electron chi connectivity index (χ2n) is 6.40. The van der Waals surface area contributed by atoms with Crippen LogP contribution in [-0.4, -0.2) is 29.6 Å². The summed E-state index contributed by atoms with van der Waals surface area (Å²) < 4.78 is 10.6. The van der Waals surface area contributed by atoms with Crippen molar-refractivity contribution < 1.29 is 19.1 Å². The number of carbonyl (C=O) groups is 2. The molecule has 0 saturated heterocycles. The first-order chi connectivity index (χ1) is 13.0. The number of aromatic amines is 1. The Hall–Kier alpha value is -3.32. The van der Waals surface area contributed by atoms with Gasteiger partial charge in [-0.05, 0) is 30.2 Å². The van der Waals surface area contributed by atoms with Gasteiger partial charge in [0.25, 0.3) is 5.91 Å². The standard InChI is InChI=1S/C20H19N3O4/c1-12(24)23(14-6-7-18-19(9-14)27-11-26-18)20(25)16(21)8-13-10-22-17-5-3-2-4-15(13)17/h2-7,9-10,16,22H,8,11,21H2,1H3. The largest absolute Gasteiger partial charge is 0.454 e. The lowest BCUT2D eigenvalue weighted by atomic mass is 10.0. The molecular formula is C20H19N3O4. The molecular weight excluding hydrogens is 346 g/mol. The van der Waals surface area contributed by atoms with E-state index < -0.39 is 17.9 Å². The smallest absolute Gasteiger partial charge is 0.251 e. The third kappa shape index (κ3) is 3.13. The molecule has 3 aromatic rings. The molecule has 138 valence electrons. The van der Waals surface area contributed by atoms with Gasteiger partial charge in [-0.2, -0.15) is 0 Å². The van der Waals surface area contributed by atoms with Gasteiger partial charge in [-0.3, -0.25) is 9.59 Å². The molecule has 2 heterocycles.